The number of anilines is 1. The first-order chi connectivity index (χ1) is 9.72. The highest BCUT2D eigenvalue weighted by atomic mass is 16.5. The maximum Gasteiger partial charge on any atom is 0.161 e. The molecule has 0 spiro atoms. The molecule has 1 saturated heterocycles. The van der Waals surface area contributed by atoms with E-state index in [1.807, 2.05) is 25.1 Å². The van der Waals surface area contributed by atoms with E-state index in [2.05, 4.69) is 27.2 Å². The lowest BCUT2D eigenvalue weighted by Gasteiger charge is -2.16. The molecule has 2 aromatic heterocycles. The van der Waals surface area contributed by atoms with Gasteiger partial charge in [0.05, 0.1) is 19.3 Å². The van der Waals surface area contributed by atoms with E-state index in [0.717, 1.165) is 36.1 Å². The molecule has 104 valence electrons. The van der Waals surface area contributed by atoms with Crippen molar-refractivity contribution in [2.24, 2.45) is 5.92 Å². The predicted molar refractivity (Wildman–Crippen MR) is 77.4 cm³/mol. The molecule has 3 rings (SSSR count). The Morgan fingerprint density at radius 3 is 2.70 bits per heavy atom. The quantitative estimate of drug-likeness (QED) is 0.927. The fourth-order valence-electron chi connectivity index (χ4n) is 2.31. The van der Waals surface area contributed by atoms with E-state index in [-0.39, 0.29) is 0 Å². The predicted octanol–water partition coefficient (Wildman–Crippen LogP) is 2.29. The van der Waals surface area contributed by atoms with Crippen molar-refractivity contribution in [3.63, 3.8) is 0 Å². The maximum atomic E-state index is 5.47. The van der Waals surface area contributed by atoms with Crippen molar-refractivity contribution in [2.45, 2.75) is 19.9 Å². The Bertz CT molecular complexity index is 588. The summed E-state index contributed by atoms with van der Waals surface area (Å²) in [6.45, 7) is 5.70. The molecule has 20 heavy (non-hydrogen) atoms. The number of ether oxygens (including phenoxy) is 1. The van der Waals surface area contributed by atoms with Gasteiger partial charge < -0.3 is 10.1 Å². The third-order valence-corrected chi connectivity index (χ3v) is 3.49. The first-order valence-electron chi connectivity index (χ1n) is 6.83. The molecule has 5 nitrogen and oxygen atoms in total. The normalized spacial score (nSPS) is 21.9. The third kappa shape index (κ3) is 2.77. The van der Waals surface area contributed by atoms with Gasteiger partial charge in [-0.3, -0.25) is 4.98 Å². The van der Waals surface area contributed by atoms with Gasteiger partial charge in [-0.15, -0.1) is 0 Å². The van der Waals surface area contributed by atoms with Gasteiger partial charge in [0.1, 0.15) is 5.82 Å². The second kappa shape index (κ2) is 5.54. The highest BCUT2D eigenvalue weighted by molar-refractivity contribution is 5.56. The van der Waals surface area contributed by atoms with Crippen molar-refractivity contribution in [3.05, 3.63) is 36.3 Å². The zero-order valence-electron chi connectivity index (χ0n) is 11.7. The van der Waals surface area contributed by atoms with E-state index in [1.165, 1.54) is 0 Å². The standard InChI is InChI=1S/C15H18N4O/c1-10-8-20-9-13(10)18-14-7-11(2)17-15(19-14)12-3-5-16-6-4-12/h3-7,10,13H,8-9H2,1-2H3,(H,17,18,19). The summed E-state index contributed by atoms with van der Waals surface area (Å²) in [6, 6.07) is 6.12. The van der Waals surface area contributed by atoms with Gasteiger partial charge in [-0.2, -0.15) is 0 Å². The highest BCUT2D eigenvalue weighted by Crippen LogP contribution is 2.20. The summed E-state index contributed by atoms with van der Waals surface area (Å²) < 4.78 is 5.47. The van der Waals surface area contributed by atoms with Crippen LogP contribution in [0.5, 0.6) is 0 Å². The molecule has 0 radical (unpaired) electrons. The average Bonchev–Trinajstić information content (AvgIpc) is 2.85. The summed E-state index contributed by atoms with van der Waals surface area (Å²) in [7, 11) is 0. The molecule has 1 aliphatic rings. The number of nitrogens with zero attached hydrogens (tertiary/aromatic N) is 3. The van der Waals surface area contributed by atoms with Crippen LogP contribution in [0.15, 0.2) is 30.6 Å². The summed E-state index contributed by atoms with van der Waals surface area (Å²) in [6.07, 6.45) is 3.50. The second-order valence-electron chi connectivity index (χ2n) is 5.22. The van der Waals surface area contributed by atoms with Crippen molar-refractivity contribution in [3.8, 4) is 11.4 Å². The van der Waals surface area contributed by atoms with Crippen LogP contribution < -0.4 is 5.32 Å². The minimum atomic E-state index is 0.314. The first-order valence-corrected chi connectivity index (χ1v) is 6.83. The van der Waals surface area contributed by atoms with Crippen molar-refractivity contribution in [2.75, 3.05) is 18.5 Å². The molecule has 1 fully saturated rings. The van der Waals surface area contributed by atoms with Crippen molar-refractivity contribution >= 4 is 5.82 Å². The minimum Gasteiger partial charge on any atom is -0.379 e. The molecule has 2 aromatic rings. The number of hydrogen-bond acceptors (Lipinski definition) is 5. The number of aryl methyl sites for hydroxylation is 1. The van der Waals surface area contributed by atoms with Gasteiger partial charge in [0.15, 0.2) is 5.82 Å². The number of nitrogens with one attached hydrogen (secondary N) is 1. The van der Waals surface area contributed by atoms with Gasteiger partial charge in [0.25, 0.3) is 0 Å². The van der Waals surface area contributed by atoms with Crippen molar-refractivity contribution < 1.29 is 4.74 Å². The largest absolute Gasteiger partial charge is 0.379 e. The Hall–Kier alpha value is -2.01. The van der Waals surface area contributed by atoms with E-state index < -0.39 is 0 Å². The first kappa shape index (κ1) is 13.0. The summed E-state index contributed by atoms with van der Waals surface area (Å²) in [5, 5.41) is 3.45. The van der Waals surface area contributed by atoms with Crippen LogP contribution in [0.3, 0.4) is 0 Å². The molecule has 3 heterocycles. The lowest BCUT2D eigenvalue weighted by Crippen LogP contribution is -2.26. The van der Waals surface area contributed by atoms with Gasteiger partial charge in [-0.05, 0) is 19.1 Å². The zero-order valence-corrected chi connectivity index (χ0v) is 11.7. The topological polar surface area (TPSA) is 59.9 Å². The van der Waals surface area contributed by atoms with Crippen molar-refractivity contribution in [1.82, 2.24) is 15.0 Å². The molecule has 2 unspecified atom stereocenters. The summed E-state index contributed by atoms with van der Waals surface area (Å²) >= 11 is 0. The van der Waals surface area contributed by atoms with Crippen LogP contribution in [0.25, 0.3) is 11.4 Å². The molecule has 5 heteroatoms. The van der Waals surface area contributed by atoms with E-state index in [9.17, 15) is 0 Å². The number of pyridine rings is 1. The Labute approximate surface area is 118 Å². The molecule has 1 N–H and O–H groups in total. The monoisotopic (exact) mass is 270 g/mol. The van der Waals surface area contributed by atoms with Gasteiger partial charge >= 0.3 is 0 Å². The van der Waals surface area contributed by atoms with Crippen LogP contribution in [0.4, 0.5) is 5.82 Å². The lowest BCUT2D eigenvalue weighted by atomic mass is 10.1. The molecule has 2 atom stereocenters. The van der Waals surface area contributed by atoms with E-state index in [4.69, 9.17) is 4.74 Å². The lowest BCUT2D eigenvalue weighted by molar-refractivity contribution is 0.187. The van der Waals surface area contributed by atoms with Crippen LogP contribution in [-0.4, -0.2) is 34.2 Å². The second-order valence-corrected chi connectivity index (χ2v) is 5.22. The number of hydrogen-bond donors (Lipinski definition) is 1. The number of rotatable bonds is 3. The Morgan fingerprint density at radius 2 is 2.00 bits per heavy atom. The molecule has 0 bridgehead atoms. The van der Waals surface area contributed by atoms with Gasteiger partial charge in [-0.25, -0.2) is 9.97 Å². The molecule has 0 saturated carbocycles. The van der Waals surface area contributed by atoms with E-state index in [1.54, 1.807) is 12.4 Å². The Morgan fingerprint density at radius 1 is 1.20 bits per heavy atom. The zero-order chi connectivity index (χ0) is 13.9. The van der Waals surface area contributed by atoms with E-state index >= 15 is 0 Å². The Kier molecular flexibility index (Phi) is 3.60. The van der Waals surface area contributed by atoms with Gasteiger partial charge in [-0.1, -0.05) is 6.92 Å². The summed E-state index contributed by atoms with van der Waals surface area (Å²) in [4.78, 5) is 13.1. The van der Waals surface area contributed by atoms with Crippen molar-refractivity contribution in [1.29, 1.82) is 0 Å². The smallest absolute Gasteiger partial charge is 0.161 e. The molecule has 0 aromatic carbocycles. The molecule has 1 aliphatic heterocycles. The van der Waals surface area contributed by atoms with E-state index in [0.29, 0.717) is 12.0 Å². The Balaban J connectivity index is 1.87. The van der Waals surface area contributed by atoms with Crippen LogP contribution in [0.1, 0.15) is 12.6 Å². The molecule has 0 amide bonds. The molecular formula is C15H18N4O. The third-order valence-electron chi connectivity index (χ3n) is 3.49. The van der Waals surface area contributed by atoms with Crippen LogP contribution >= 0.6 is 0 Å². The van der Waals surface area contributed by atoms with Crippen LogP contribution in [0.2, 0.25) is 0 Å². The average molecular weight is 270 g/mol. The van der Waals surface area contributed by atoms with Gasteiger partial charge in [0.2, 0.25) is 0 Å². The van der Waals surface area contributed by atoms with Crippen LogP contribution in [0, 0.1) is 12.8 Å². The fourth-order valence-corrected chi connectivity index (χ4v) is 2.31. The van der Waals surface area contributed by atoms with Crippen LogP contribution in [-0.2, 0) is 4.74 Å². The SMILES string of the molecule is Cc1cc(NC2COCC2C)nc(-c2ccncc2)n1. The molecular weight excluding hydrogens is 252 g/mol. The minimum absolute atomic E-state index is 0.314. The fraction of sp³-hybridized carbons (Fsp3) is 0.400. The summed E-state index contributed by atoms with van der Waals surface area (Å²) in [5.74, 6) is 2.07. The number of aromatic nitrogens is 3. The maximum absolute atomic E-state index is 5.47. The van der Waals surface area contributed by atoms with Gasteiger partial charge in [0, 0.05) is 35.6 Å². The molecule has 0 aliphatic carbocycles. The highest BCUT2D eigenvalue weighted by Gasteiger charge is 2.24. The summed E-state index contributed by atoms with van der Waals surface area (Å²) in [5.41, 5.74) is 1.92.